The lowest BCUT2D eigenvalue weighted by Crippen LogP contribution is -3.11. The maximum Gasteiger partial charge on any atom is 0.231 e. The minimum atomic E-state index is -0.00276. The summed E-state index contributed by atoms with van der Waals surface area (Å²) >= 11 is 0. The predicted molar refractivity (Wildman–Crippen MR) is 92.5 cm³/mol. The third-order valence-corrected chi connectivity index (χ3v) is 5.81. The molecule has 5 nitrogen and oxygen atoms in total. The van der Waals surface area contributed by atoms with E-state index in [2.05, 4.69) is 25.2 Å². The van der Waals surface area contributed by atoms with Crippen molar-refractivity contribution in [3.8, 4) is 28.4 Å². The van der Waals surface area contributed by atoms with Crippen molar-refractivity contribution in [1.29, 1.82) is 0 Å². The van der Waals surface area contributed by atoms with E-state index in [0.717, 1.165) is 41.3 Å². The Bertz CT molecular complexity index is 869. The zero-order chi connectivity index (χ0) is 17.1. The lowest BCUT2D eigenvalue weighted by Gasteiger charge is -2.41. The summed E-state index contributed by atoms with van der Waals surface area (Å²) in [4.78, 5) is 1.47. The van der Waals surface area contributed by atoms with Crippen LogP contribution in [0, 0.1) is 0 Å². The lowest BCUT2D eigenvalue weighted by atomic mass is 9.75. The molecule has 2 aliphatic heterocycles. The van der Waals surface area contributed by atoms with Crippen LogP contribution in [0.2, 0.25) is 0 Å². The average molecular weight is 376 g/mol. The summed E-state index contributed by atoms with van der Waals surface area (Å²) in [5, 5.41) is 0. The second-order valence-electron chi connectivity index (χ2n) is 6.99. The number of quaternary nitrogens is 1. The van der Waals surface area contributed by atoms with Crippen LogP contribution in [0.3, 0.4) is 0 Å². The van der Waals surface area contributed by atoms with Crippen LogP contribution < -0.4 is 31.5 Å². The SMILES string of the molecule is COc1ccc2c(c1)C(OC)C1c3c(cc4c(c3-2)OCO4)CC[NH+]1C.[Cl-]. The van der Waals surface area contributed by atoms with Gasteiger partial charge in [-0.25, -0.2) is 0 Å². The standard InChI is InChI=1S/C20H21NO4.ClH/c1-21-7-6-11-8-15-20(25-10-24-15)17-13-5-4-12(22-2)9-14(13)19(23-3)18(21)16(11)17;/h4-5,8-9,18-19H,6-7,10H2,1-3H3;1H. The highest BCUT2D eigenvalue weighted by Gasteiger charge is 2.45. The molecule has 2 aromatic carbocycles. The highest BCUT2D eigenvalue weighted by atomic mass is 35.5. The van der Waals surface area contributed by atoms with Crippen LogP contribution >= 0.6 is 0 Å². The van der Waals surface area contributed by atoms with E-state index in [0.29, 0.717) is 0 Å². The molecule has 26 heavy (non-hydrogen) atoms. The summed E-state index contributed by atoms with van der Waals surface area (Å²) in [6, 6.07) is 8.65. The number of fused-ring (bicyclic) bond motifs is 4. The summed E-state index contributed by atoms with van der Waals surface area (Å²) < 4.78 is 23.1. The largest absolute Gasteiger partial charge is 1.00 e. The third-order valence-electron chi connectivity index (χ3n) is 5.81. The van der Waals surface area contributed by atoms with Crippen molar-refractivity contribution in [2.45, 2.75) is 18.6 Å². The predicted octanol–water partition coefficient (Wildman–Crippen LogP) is -1.09. The zero-order valence-corrected chi connectivity index (χ0v) is 15.9. The number of ether oxygens (including phenoxy) is 4. The highest BCUT2D eigenvalue weighted by Crippen LogP contribution is 2.55. The molecule has 0 fully saturated rings. The number of hydrogen-bond donors (Lipinski definition) is 1. The Balaban J connectivity index is 0.00000168. The van der Waals surface area contributed by atoms with Gasteiger partial charge in [0.15, 0.2) is 11.5 Å². The summed E-state index contributed by atoms with van der Waals surface area (Å²) in [5.74, 6) is 2.59. The Morgan fingerprint density at radius 3 is 2.77 bits per heavy atom. The summed E-state index contributed by atoms with van der Waals surface area (Å²) in [6.45, 7) is 1.37. The van der Waals surface area contributed by atoms with Crippen molar-refractivity contribution < 1.29 is 36.3 Å². The molecule has 2 heterocycles. The molecule has 1 aliphatic carbocycles. The molecule has 1 N–H and O–H groups in total. The number of benzene rings is 2. The molecule has 6 heteroatoms. The van der Waals surface area contributed by atoms with Crippen LogP contribution in [0.1, 0.15) is 28.8 Å². The van der Waals surface area contributed by atoms with Gasteiger partial charge in [-0.3, -0.25) is 0 Å². The van der Waals surface area contributed by atoms with Gasteiger partial charge in [0.25, 0.3) is 0 Å². The number of methoxy groups -OCH3 is 2. The van der Waals surface area contributed by atoms with E-state index in [9.17, 15) is 0 Å². The van der Waals surface area contributed by atoms with Crippen molar-refractivity contribution in [2.24, 2.45) is 0 Å². The molecule has 0 amide bonds. The van der Waals surface area contributed by atoms with Crippen LogP contribution in [0.25, 0.3) is 11.1 Å². The Kier molecular flexibility index (Phi) is 4.26. The molecule has 3 atom stereocenters. The number of likely N-dealkylation sites (N-methyl/N-ethyl adjacent to an activating group) is 1. The van der Waals surface area contributed by atoms with Crippen molar-refractivity contribution in [2.75, 3.05) is 34.6 Å². The maximum atomic E-state index is 6.01. The first-order valence-corrected chi connectivity index (χ1v) is 8.71. The molecule has 0 aromatic heterocycles. The molecule has 3 aliphatic rings. The van der Waals surface area contributed by atoms with E-state index in [1.165, 1.54) is 21.6 Å². The lowest BCUT2D eigenvalue weighted by molar-refractivity contribution is -0.919. The fraction of sp³-hybridized carbons (Fsp3) is 0.400. The fourth-order valence-electron chi connectivity index (χ4n) is 4.66. The second kappa shape index (κ2) is 6.34. The highest BCUT2D eigenvalue weighted by molar-refractivity contribution is 5.84. The Labute approximate surface area is 159 Å². The first-order valence-electron chi connectivity index (χ1n) is 8.71. The molecule has 0 spiro atoms. The molecular weight excluding hydrogens is 354 g/mol. The van der Waals surface area contributed by atoms with Gasteiger partial charge in [-0.05, 0) is 34.9 Å². The normalized spacial score (nSPS) is 24.3. The van der Waals surface area contributed by atoms with Gasteiger partial charge in [-0.1, -0.05) is 6.07 Å². The van der Waals surface area contributed by atoms with Gasteiger partial charge >= 0.3 is 0 Å². The van der Waals surface area contributed by atoms with E-state index in [-0.39, 0.29) is 31.3 Å². The topological polar surface area (TPSA) is 41.4 Å². The first kappa shape index (κ1) is 17.5. The van der Waals surface area contributed by atoms with Gasteiger partial charge in [-0.2, -0.15) is 0 Å². The molecule has 3 unspecified atom stereocenters. The first-order chi connectivity index (χ1) is 12.2. The van der Waals surface area contributed by atoms with E-state index in [1.54, 1.807) is 14.2 Å². The van der Waals surface area contributed by atoms with Gasteiger partial charge in [0, 0.05) is 24.7 Å². The van der Waals surface area contributed by atoms with Crippen LogP contribution in [-0.2, 0) is 11.2 Å². The van der Waals surface area contributed by atoms with E-state index in [1.807, 2.05) is 6.07 Å². The number of nitrogens with one attached hydrogen (secondary N) is 1. The summed E-state index contributed by atoms with van der Waals surface area (Å²) in [5.41, 5.74) is 6.23. The second-order valence-corrected chi connectivity index (χ2v) is 6.99. The third kappa shape index (κ3) is 2.24. The van der Waals surface area contributed by atoms with Gasteiger partial charge in [-0.15, -0.1) is 0 Å². The quantitative estimate of drug-likeness (QED) is 0.724. The summed E-state index contributed by atoms with van der Waals surface area (Å²) in [6.07, 6.45) is 1.04. The maximum absolute atomic E-state index is 6.01. The average Bonchev–Trinajstić information content (AvgIpc) is 3.11. The zero-order valence-electron chi connectivity index (χ0n) is 15.1. The number of hydrogen-bond acceptors (Lipinski definition) is 4. The van der Waals surface area contributed by atoms with Gasteiger partial charge in [0.2, 0.25) is 6.79 Å². The molecular formula is C20H22ClNO4. The molecule has 5 rings (SSSR count). The molecule has 0 bridgehead atoms. The minimum absolute atomic E-state index is 0. The smallest absolute Gasteiger partial charge is 0.231 e. The van der Waals surface area contributed by atoms with Gasteiger partial charge in [0.05, 0.1) is 20.7 Å². The van der Waals surface area contributed by atoms with Crippen molar-refractivity contribution in [3.63, 3.8) is 0 Å². The molecule has 0 saturated carbocycles. The Morgan fingerprint density at radius 1 is 1.15 bits per heavy atom. The van der Waals surface area contributed by atoms with Crippen molar-refractivity contribution in [1.82, 2.24) is 0 Å². The van der Waals surface area contributed by atoms with E-state index in [4.69, 9.17) is 18.9 Å². The van der Waals surface area contributed by atoms with Gasteiger partial charge in [0.1, 0.15) is 17.9 Å². The Hall–Kier alpha value is -1.95. The van der Waals surface area contributed by atoms with Crippen LogP contribution in [0.4, 0.5) is 0 Å². The fourth-order valence-corrected chi connectivity index (χ4v) is 4.66. The summed E-state index contributed by atoms with van der Waals surface area (Å²) in [7, 11) is 5.75. The molecule has 0 saturated heterocycles. The molecule has 138 valence electrons. The van der Waals surface area contributed by atoms with E-state index < -0.39 is 0 Å². The van der Waals surface area contributed by atoms with Crippen molar-refractivity contribution in [3.05, 3.63) is 41.0 Å². The molecule has 0 radical (unpaired) electrons. The number of halogens is 1. The monoisotopic (exact) mass is 375 g/mol. The van der Waals surface area contributed by atoms with Crippen LogP contribution in [0.5, 0.6) is 17.2 Å². The molecule has 2 aromatic rings. The van der Waals surface area contributed by atoms with Gasteiger partial charge < -0.3 is 36.3 Å². The minimum Gasteiger partial charge on any atom is -1.00 e. The Morgan fingerprint density at radius 2 is 2.00 bits per heavy atom. The van der Waals surface area contributed by atoms with Crippen molar-refractivity contribution >= 4 is 0 Å². The van der Waals surface area contributed by atoms with Crippen LogP contribution in [0.15, 0.2) is 24.3 Å². The van der Waals surface area contributed by atoms with Crippen LogP contribution in [-0.4, -0.2) is 34.6 Å². The number of rotatable bonds is 2. The van der Waals surface area contributed by atoms with E-state index >= 15 is 0 Å².